The van der Waals surface area contributed by atoms with Gasteiger partial charge in [-0.3, -0.25) is 9.89 Å². The topological polar surface area (TPSA) is 160 Å². The van der Waals surface area contributed by atoms with Crippen molar-refractivity contribution in [2.45, 2.75) is 4.90 Å². The molecule has 0 spiro atoms. The predicted octanol–water partition coefficient (Wildman–Crippen LogP) is -8.34. The number of carboxylic acid groups (broad SMARTS) is 1. The van der Waals surface area contributed by atoms with Crippen molar-refractivity contribution < 1.29 is 112 Å². The summed E-state index contributed by atoms with van der Waals surface area (Å²) in [6.07, 6.45) is 0. The molecule has 14 heteroatoms. The van der Waals surface area contributed by atoms with Gasteiger partial charge in [-0.1, -0.05) is 0 Å². The fourth-order valence-electron chi connectivity index (χ4n) is 2.16. The van der Waals surface area contributed by atoms with Crippen LogP contribution in [0.15, 0.2) is 68.4 Å². The second-order valence-corrected chi connectivity index (χ2v) is 6.55. The second kappa shape index (κ2) is 12.5. The van der Waals surface area contributed by atoms with Crippen LogP contribution in [0.1, 0.15) is 10.5 Å². The van der Waals surface area contributed by atoms with Crippen molar-refractivity contribution in [2.24, 2.45) is 10.2 Å². The third-order valence-electron chi connectivity index (χ3n) is 3.42. The van der Waals surface area contributed by atoms with Gasteiger partial charge in [0.1, 0.15) is 15.8 Å². The number of carbonyl (C=O) groups is 1. The molecule has 0 amide bonds. The molecule has 2 aromatic carbocycles. The standard InChI is InChI=1S/C16H11N4O6S.3Na/c21-15-13(18-17-10-4-2-1-3-5-10)14(16(22)23)19-20(15)11-6-8-12(9-7-11)27(24,25)26;;;/h2-9,19H,(H,22,23)(H,24,25,26);;;/q-1;3*+1/p-2. The number of carboxylic acids is 1. The van der Waals surface area contributed by atoms with Gasteiger partial charge >= 0.3 is 88.7 Å². The van der Waals surface area contributed by atoms with Gasteiger partial charge in [0.05, 0.1) is 16.6 Å². The number of hydrogen-bond donors (Lipinski definition) is 1. The molecular formula is C16H9N4Na3O6S. The molecule has 30 heavy (non-hydrogen) atoms. The van der Waals surface area contributed by atoms with Crippen LogP contribution in [0.25, 0.3) is 5.69 Å². The monoisotopic (exact) mass is 454 g/mol. The number of aromatic amines is 1. The Kier molecular flexibility index (Phi) is 12.2. The molecule has 0 aliphatic carbocycles. The minimum atomic E-state index is -4.66. The first-order chi connectivity index (χ1) is 12.8. The molecular weight excluding hydrogens is 445 g/mol. The molecule has 0 atom stereocenters. The molecule has 3 rings (SSSR count). The Morgan fingerprint density at radius 1 is 1.00 bits per heavy atom. The zero-order valence-corrected chi connectivity index (χ0v) is 23.1. The van der Waals surface area contributed by atoms with E-state index in [9.17, 15) is 27.7 Å². The Morgan fingerprint density at radius 3 is 2.07 bits per heavy atom. The van der Waals surface area contributed by atoms with Crippen LogP contribution < -0.4 is 99.3 Å². The molecule has 3 aromatic rings. The number of H-pyrrole nitrogens is 1. The van der Waals surface area contributed by atoms with Gasteiger partial charge in [-0.05, 0) is 30.0 Å². The van der Waals surface area contributed by atoms with E-state index in [4.69, 9.17) is 0 Å². The number of azo groups is 1. The van der Waals surface area contributed by atoms with E-state index in [2.05, 4.69) is 21.4 Å². The smallest absolute Gasteiger partial charge is 0.744 e. The maximum Gasteiger partial charge on any atom is 1.00 e. The summed E-state index contributed by atoms with van der Waals surface area (Å²) >= 11 is 0. The summed E-state index contributed by atoms with van der Waals surface area (Å²) in [5, 5.41) is 21.1. The molecule has 0 unspecified atom stereocenters. The number of nitrogens with one attached hydrogen (secondary N) is 1. The zero-order valence-electron chi connectivity index (χ0n) is 16.3. The first-order valence-corrected chi connectivity index (χ1v) is 8.69. The summed E-state index contributed by atoms with van der Waals surface area (Å²) in [6.45, 7) is 0. The van der Waals surface area contributed by atoms with Gasteiger partial charge in [-0.2, -0.15) is 23.3 Å². The van der Waals surface area contributed by atoms with Gasteiger partial charge in [0.25, 0.3) is 5.56 Å². The van der Waals surface area contributed by atoms with Crippen molar-refractivity contribution in [3.05, 3.63) is 70.6 Å². The van der Waals surface area contributed by atoms with E-state index in [-0.39, 0.29) is 94.4 Å². The number of aromatic nitrogens is 2. The van der Waals surface area contributed by atoms with E-state index in [1.54, 1.807) is 24.3 Å². The summed E-state index contributed by atoms with van der Waals surface area (Å²) in [5.74, 6) is -1.68. The summed E-state index contributed by atoms with van der Waals surface area (Å²) < 4.78 is 33.7. The Morgan fingerprint density at radius 2 is 1.57 bits per heavy atom. The van der Waals surface area contributed by atoms with Crippen molar-refractivity contribution in [2.75, 3.05) is 0 Å². The van der Waals surface area contributed by atoms with Gasteiger partial charge in [0.15, 0.2) is 5.69 Å². The minimum Gasteiger partial charge on any atom is -0.744 e. The van der Waals surface area contributed by atoms with Gasteiger partial charge < -0.3 is 14.5 Å². The maximum absolute atomic E-state index is 12.5. The Hall–Kier alpha value is -0.570. The van der Waals surface area contributed by atoms with Crippen molar-refractivity contribution >= 4 is 27.5 Å². The molecule has 0 radical (unpaired) electrons. The first kappa shape index (κ1) is 29.4. The van der Waals surface area contributed by atoms with Gasteiger partial charge in [-0.15, -0.1) is 17.2 Å². The number of aromatic carboxylic acids is 1. The molecule has 1 N–H and O–H groups in total. The summed E-state index contributed by atoms with van der Waals surface area (Å²) in [7, 11) is -4.66. The summed E-state index contributed by atoms with van der Waals surface area (Å²) in [4.78, 5) is 23.3. The summed E-state index contributed by atoms with van der Waals surface area (Å²) in [6, 6.07) is 13.3. The Labute approximate surface area is 237 Å². The SMILES string of the molecule is O=C([O-])c1[nH]n(-c2ccc(S(=O)(=O)[O-])cc2)c(=O)c1N=Nc1cc[c-]cc1.[Na+].[Na+].[Na+]. The number of nitrogens with zero attached hydrogens (tertiary/aromatic N) is 3. The third kappa shape index (κ3) is 6.97. The minimum absolute atomic E-state index is 0. The quantitative estimate of drug-likeness (QED) is 0.174. The Balaban J connectivity index is 0.00000280. The van der Waals surface area contributed by atoms with Crippen LogP contribution in [0.5, 0.6) is 0 Å². The van der Waals surface area contributed by atoms with Gasteiger partial charge in [-0.25, -0.2) is 13.1 Å². The molecule has 0 aliphatic heterocycles. The van der Waals surface area contributed by atoms with E-state index in [0.29, 0.717) is 5.69 Å². The van der Waals surface area contributed by atoms with Crippen molar-refractivity contribution in [3.63, 3.8) is 0 Å². The number of benzene rings is 2. The zero-order chi connectivity index (χ0) is 19.6. The molecule has 1 aromatic heterocycles. The molecule has 0 saturated carbocycles. The van der Waals surface area contributed by atoms with Crippen LogP contribution in [0.4, 0.5) is 11.4 Å². The van der Waals surface area contributed by atoms with Crippen LogP contribution in [0.2, 0.25) is 0 Å². The molecule has 10 nitrogen and oxygen atoms in total. The largest absolute Gasteiger partial charge is 1.00 e. The number of hydrogen-bond acceptors (Lipinski definition) is 8. The van der Waals surface area contributed by atoms with Gasteiger partial charge in [0.2, 0.25) is 0 Å². The molecule has 0 fully saturated rings. The van der Waals surface area contributed by atoms with Crippen LogP contribution in [-0.2, 0) is 10.1 Å². The Bertz CT molecular complexity index is 1190. The molecule has 1 heterocycles. The average Bonchev–Trinajstić information content (AvgIpc) is 2.97. The average molecular weight is 454 g/mol. The second-order valence-electron chi connectivity index (χ2n) is 5.17. The normalized spacial score (nSPS) is 10.6. The van der Waals surface area contributed by atoms with E-state index in [1.165, 1.54) is 0 Å². The van der Waals surface area contributed by atoms with Crippen LogP contribution >= 0.6 is 0 Å². The van der Waals surface area contributed by atoms with E-state index < -0.39 is 37.9 Å². The number of rotatable bonds is 5. The molecule has 0 saturated heterocycles. The van der Waals surface area contributed by atoms with E-state index >= 15 is 0 Å². The summed E-state index contributed by atoms with van der Waals surface area (Å²) in [5.41, 5.74) is -1.49. The maximum atomic E-state index is 12.5. The third-order valence-corrected chi connectivity index (χ3v) is 4.27. The van der Waals surface area contributed by atoms with Crippen LogP contribution in [-0.4, -0.2) is 28.7 Å². The fourth-order valence-corrected chi connectivity index (χ4v) is 2.63. The van der Waals surface area contributed by atoms with Crippen LogP contribution in [0, 0.1) is 6.07 Å². The number of carbonyl (C=O) groups excluding carboxylic acids is 1. The van der Waals surface area contributed by atoms with Crippen molar-refractivity contribution in [1.29, 1.82) is 0 Å². The van der Waals surface area contributed by atoms with E-state index in [1.807, 2.05) is 0 Å². The van der Waals surface area contributed by atoms with Crippen LogP contribution in [0.3, 0.4) is 0 Å². The van der Waals surface area contributed by atoms with Crippen molar-refractivity contribution in [1.82, 2.24) is 9.78 Å². The van der Waals surface area contributed by atoms with E-state index in [0.717, 1.165) is 28.9 Å². The first-order valence-electron chi connectivity index (χ1n) is 7.28. The predicted molar refractivity (Wildman–Crippen MR) is 88.1 cm³/mol. The van der Waals surface area contributed by atoms with Crippen molar-refractivity contribution in [3.8, 4) is 5.69 Å². The molecule has 138 valence electrons. The van der Waals surface area contributed by atoms with Gasteiger partial charge in [0, 0.05) is 0 Å². The molecule has 0 aliphatic rings. The molecule has 0 bridgehead atoms. The fraction of sp³-hybridized carbons (Fsp3) is 0.